The van der Waals surface area contributed by atoms with Gasteiger partial charge in [-0.25, -0.2) is 0 Å². The summed E-state index contributed by atoms with van der Waals surface area (Å²) in [4.78, 5) is 0. The number of rotatable bonds is 8. The second kappa shape index (κ2) is 13.1. The van der Waals surface area contributed by atoms with E-state index >= 15 is 0 Å². The average Bonchev–Trinajstić information content (AvgIpc) is 3.54. The molecule has 50 heavy (non-hydrogen) atoms. The van der Waals surface area contributed by atoms with Crippen LogP contribution in [0.25, 0.3) is 81.7 Å². The fourth-order valence-corrected chi connectivity index (χ4v) is 8.42. The van der Waals surface area contributed by atoms with Crippen molar-refractivity contribution in [2.75, 3.05) is 0 Å². The highest BCUT2D eigenvalue weighted by atomic mass is 32.1. The molecule has 0 spiro atoms. The van der Waals surface area contributed by atoms with Crippen LogP contribution in [0.4, 0.5) is 0 Å². The van der Waals surface area contributed by atoms with Crippen LogP contribution in [0.3, 0.4) is 0 Å². The highest BCUT2D eigenvalue weighted by Gasteiger charge is 2.16. The van der Waals surface area contributed by atoms with Gasteiger partial charge in [-0.15, -0.1) is 11.3 Å². The van der Waals surface area contributed by atoms with E-state index in [9.17, 15) is 0 Å². The number of thiophene rings is 1. The third kappa shape index (κ3) is 5.41. The minimum Gasteiger partial charge on any atom is -0.300 e. The van der Waals surface area contributed by atoms with Gasteiger partial charge in [-0.2, -0.15) is 0 Å². The van der Waals surface area contributed by atoms with E-state index in [0.29, 0.717) is 5.71 Å². The molecule has 8 aromatic rings. The Hall–Kier alpha value is -6.09. The lowest BCUT2D eigenvalue weighted by atomic mass is 9.86. The maximum atomic E-state index is 8.96. The van der Waals surface area contributed by atoms with Crippen molar-refractivity contribution in [3.63, 3.8) is 0 Å². The molecule has 1 heterocycles. The van der Waals surface area contributed by atoms with E-state index in [1.165, 1.54) is 53.2 Å². The van der Waals surface area contributed by atoms with Crippen molar-refractivity contribution in [3.8, 4) is 22.3 Å². The summed E-state index contributed by atoms with van der Waals surface area (Å²) < 4.78 is 2.54. The Labute approximate surface area is 297 Å². The summed E-state index contributed by atoms with van der Waals surface area (Å²) in [6.07, 6.45) is 10.0. The quantitative estimate of drug-likeness (QED) is 0.0955. The predicted octanol–water partition coefficient (Wildman–Crippen LogP) is 14.0. The summed E-state index contributed by atoms with van der Waals surface area (Å²) in [7, 11) is 0. The van der Waals surface area contributed by atoms with Crippen LogP contribution in [0, 0.1) is 5.41 Å². The summed E-state index contributed by atoms with van der Waals surface area (Å²) >= 11 is 1.82. The van der Waals surface area contributed by atoms with E-state index in [0.717, 1.165) is 38.6 Å². The molecule has 0 fully saturated rings. The van der Waals surface area contributed by atoms with Crippen LogP contribution >= 0.6 is 11.3 Å². The van der Waals surface area contributed by atoms with E-state index in [2.05, 4.69) is 147 Å². The average molecular weight is 658 g/mol. The van der Waals surface area contributed by atoms with Gasteiger partial charge in [-0.3, -0.25) is 0 Å². The van der Waals surface area contributed by atoms with E-state index in [1.807, 2.05) is 48.6 Å². The maximum absolute atomic E-state index is 8.96. The Morgan fingerprint density at radius 3 is 1.92 bits per heavy atom. The number of allylic oxidation sites excluding steroid dienone is 4. The summed E-state index contributed by atoms with van der Waals surface area (Å²) in [6, 6.07) is 47.2. The Morgan fingerprint density at radius 2 is 1.26 bits per heavy atom. The van der Waals surface area contributed by atoms with Gasteiger partial charge in [0.15, 0.2) is 0 Å². The highest BCUT2D eigenvalue weighted by Crippen LogP contribution is 2.42. The molecule has 1 nitrogen and oxygen atoms in total. The first-order valence-corrected chi connectivity index (χ1v) is 17.7. The third-order valence-electron chi connectivity index (χ3n) is 9.56. The van der Waals surface area contributed by atoms with Gasteiger partial charge in [0.2, 0.25) is 0 Å². The van der Waals surface area contributed by atoms with Gasteiger partial charge in [0.1, 0.15) is 0 Å². The Kier molecular flexibility index (Phi) is 8.16. The van der Waals surface area contributed by atoms with Gasteiger partial charge >= 0.3 is 0 Å². The normalized spacial score (nSPS) is 11.8. The lowest BCUT2D eigenvalue weighted by molar-refractivity contribution is 1.49. The minimum atomic E-state index is 0.445. The van der Waals surface area contributed by atoms with Gasteiger partial charge < -0.3 is 5.41 Å². The second-order valence-corrected chi connectivity index (χ2v) is 13.6. The molecule has 2 heteroatoms. The van der Waals surface area contributed by atoms with Crippen molar-refractivity contribution in [3.05, 3.63) is 187 Å². The lowest BCUT2D eigenvalue weighted by Crippen LogP contribution is -1.95. The van der Waals surface area contributed by atoms with Crippen LogP contribution in [0.15, 0.2) is 165 Å². The van der Waals surface area contributed by atoms with Gasteiger partial charge in [-0.05, 0) is 96.8 Å². The monoisotopic (exact) mass is 657 g/mol. The Morgan fingerprint density at radius 1 is 0.620 bits per heavy atom. The lowest BCUT2D eigenvalue weighted by Gasteiger charge is -2.17. The number of fused-ring (bicyclic) bond motifs is 5. The molecular formula is C48H35NS. The molecule has 1 aromatic heterocycles. The van der Waals surface area contributed by atoms with Crippen LogP contribution in [0.5, 0.6) is 0 Å². The van der Waals surface area contributed by atoms with Crippen LogP contribution in [-0.2, 0) is 0 Å². The van der Waals surface area contributed by atoms with Crippen molar-refractivity contribution in [1.82, 2.24) is 0 Å². The zero-order valence-corrected chi connectivity index (χ0v) is 28.7. The fraction of sp³-hybridized carbons (Fsp3) is 0.0208. The SMILES string of the molecule is C=Cc1c(/C=C\C)ccc2c1sc1ccc(-c3ccc(C(=N)/C=C\C(=C)c4c5ccccc5c(-c5ccccc5)c5ccccc45)cc3)cc12. The molecule has 1 N–H and O–H groups in total. The number of nitrogens with one attached hydrogen (secondary N) is 1. The standard InChI is InChI=1S/C48H35NS/c1-4-13-33-25-27-42-43-30-36(26-29-45(43)50-48(42)37(33)5-2)32-21-23-34(24-22-32)44(49)28-20-31(3)46-38-16-9-11-18-40(38)47(35-14-7-6-8-15-35)41-19-12-10-17-39(41)46/h4-30,49H,2-3H2,1H3/b13-4-,28-20-,49-44?. The molecule has 0 amide bonds. The van der Waals surface area contributed by atoms with Crippen LogP contribution in [0.2, 0.25) is 0 Å². The van der Waals surface area contributed by atoms with E-state index < -0.39 is 0 Å². The minimum absolute atomic E-state index is 0.445. The summed E-state index contributed by atoms with van der Waals surface area (Å²) in [5.41, 5.74) is 10.4. The molecule has 0 radical (unpaired) electrons. The fourth-order valence-electron chi connectivity index (χ4n) is 7.19. The molecule has 0 aliphatic heterocycles. The van der Waals surface area contributed by atoms with Crippen molar-refractivity contribution < 1.29 is 0 Å². The summed E-state index contributed by atoms with van der Waals surface area (Å²) in [5, 5.41) is 16.2. The van der Waals surface area contributed by atoms with Crippen molar-refractivity contribution in [2.24, 2.45) is 0 Å². The molecule has 0 saturated carbocycles. The van der Waals surface area contributed by atoms with Gasteiger partial charge in [0.05, 0.1) is 5.71 Å². The summed E-state index contributed by atoms with van der Waals surface area (Å²) in [6.45, 7) is 10.7. The predicted molar refractivity (Wildman–Crippen MR) is 221 cm³/mol. The van der Waals surface area contributed by atoms with Gasteiger partial charge in [-0.1, -0.05) is 159 Å². The second-order valence-electron chi connectivity index (χ2n) is 12.5. The molecule has 0 aliphatic carbocycles. The number of benzene rings is 7. The maximum Gasteiger partial charge on any atom is 0.0612 e. The molecule has 0 bridgehead atoms. The van der Waals surface area contributed by atoms with E-state index in [1.54, 1.807) is 0 Å². The smallest absolute Gasteiger partial charge is 0.0612 e. The highest BCUT2D eigenvalue weighted by molar-refractivity contribution is 7.26. The molecule has 238 valence electrons. The molecule has 0 atom stereocenters. The van der Waals surface area contributed by atoms with Crippen LogP contribution in [-0.4, -0.2) is 5.71 Å². The van der Waals surface area contributed by atoms with Crippen molar-refractivity contribution >= 4 is 76.5 Å². The van der Waals surface area contributed by atoms with Crippen LogP contribution < -0.4 is 0 Å². The first-order chi connectivity index (χ1) is 24.6. The Bertz CT molecular complexity index is 2630. The molecule has 8 rings (SSSR count). The Balaban J connectivity index is 1.10. The third-order valence-corrected chi connectivity index (χ3v) is 10.8. The van der Waals surface area contributed by atoms with Crippen molar-refractivity contribution in [2.45, 2.75) is 6.92 Å². The number of hydrogen-bond acceptors (Lipinski definition) is 2. The zero-order chi connectivity index (χ0) is 34.2. The molecule has 0 aliphatic rings. The largest absolute Gasteiger partial charge is 0.300 e. The summed E-state index contributed by atoms with van der Waals surface area (Å²) in [5.74, 6) is 0. The van der Waals surface area contributed by atoms with Crippen LogP contribution in [0.1, 0.15) is 29.2 Å². The number of hydrogen-bond donors (Lipinski definition) is 1. The topological polar surface area (TPSA) is 23.9 Å². The molecule has 7 aromatic carbocycles. The van der Waals surface area contributed by atoms with E-state index in [-0.39, 0.29) is 0 Å². The van der Waals surface area contributed by atoms with E-state index in [4.69, 9.17) is 5.41 Å². The first-order valence-electron chi connectivity index (χ1n) is 16.9. The molecular weight excluding hydrogens is 623 g/mol. The zero-order valence-electron chi connectivity index (χ0n) is 27.9. The van der Waals surface area contributed by atoms with Crippen molar-refractivity contribution in [1.29, 1.82) is 5.41 Å². The van der Waals surface area contributed by atoms with Gasteiger partial charge in [0.25, 0.3) is 0 Å². The first kappa shape index (κ1) is 31.2. The molecule has 0 saturated heterocycles. The molecule has 0 unspecified atom stereocenters. The van der Waals surface area contributed by atoms with Gasteiger partial charge in [0, 0.05) is 20.2 Å².